The maximum absolute atomic E-state index is 6.00. The molecule has 2 aromatic carbocycles. The van der Waals surface area contributed by atoms with E-state index in [0.29, 0.717) is 0 Å². The molecule has 0 atom stereocenters. The number of nitrogens with two attached hydrogens (primary N) is 1. The van der Waals surface area contributed by atoms with Crippen molar-refractivity contribution < 1.29 is 4.74 Å². The van der Waals surface area contributed by atoms with Crippen LogP contribution in [0.5, 0.6) is 11.5 Å². The minimum atomic E-state index is -0.179. The van der Waals surface area contributed by atoms with E-state index in [4.69, 9.17) is 10.5 Å². The molecule has 0 bridgehead atoms. The van der Waals surface area contributed by atoms with Crippen LogP contribution in [-0.2, 0) is 6.42 Å². The minimum Gasteiger partial charge on any atom is -0.457 e. The van der Waals surface area contributed by atoms with Crippen LogP contribution < -0.4 is 10.5 Å². The van der Waals surface area contributed by atoms with Crippen molar-refractivity contribution in [2.45, 2.75) is 25.8 Å². The van der Waals surface area contributed by atoms with E-state index in [1.807, 2.05) is 56.3 Å². The third kappa shape index (κ3) is 3.90. The Morgan fingerprint density at radius 2 is 1.44 bits per heavy atom. The lowest BCUT2D eigenvalue weighted by Crippen LogP contribution is -2.34. The van der Waals surface area contributed by atoms with E-state index in [1.165, 1.54) is 5.56 Å². The van der Waals surface area contributed by atoms with Gasteiger partial charge in [-0.15, -0.1) is 0 Å². The third-order valence-corrected chi connectivity index (χ3v) is 2.56. The van der Waals surface area contributed by atoms with Gasteiger partial charge in [0.15, 0.2) is 0 Å². The fourth-order valence-corrected chi connectivity index (χ4v) is 1.83. The SMILES string of the molecule is CC(C)(N)Cc1ccc(Oc2ccccc2)cc1. The van der Waals surface area contributed by atoms with E-state index < -0.39 is 0 Å². The highest BCUT2D eigenvalue weighted by Crippen LogP contribution is 2.22. The van der Waals surface area contributed by atoms with Gasteiger partial charge in [-0.05, 0) is 50.1 Å². The average molecular weight is 241 g/mol. The first kappa shape index (κ1) is 12.7. The van der Waals surface area contributed by atoms with E-state index in [9.17, 15) is 0 Å². The Bertz CT molecular complexity index is 483. The molecule has 94 valence electrons. The van der Waals surface area contributed by atoms with Gasteiger partial charge >= 0.3 is 0 Å². The second kappa shape index (κ2) is 5.23. The molecule has 0 aliphatic carbocycles. The largest absolute Gasteiger partial charge is 0.457 e. The molecule has 2 N–H and O–H groups in total. The van der Waals surface area contributed by atoms with Crippen LogP contribution in [0.3, 0.4) is 0 Å². The number of ether oxygens (including phenoxy) is 1. The number of hydrogen-bond acceptors (Lipinski definition) is 2. The summed E-state index contributed by atoms with van der Waals surface area (Å²) in [6, 6.07) is 17.9. The van der Waals surface area contributed by atoms with E-state index >= 15 is 0 Å². The molecule has 18 heavy (non-hydrogen) atoms. The summed E-state index contributed by atoms with van der Waals surface area (Å²) in [5.74, 6) is 1.70. The lowest BCUT2D eigenvalue weighted by atomic mass is 9.96. The van der Waals surface area contributed by atoms with Crippen LogP contribution in [0.1, 0.15) is 19.4 Å². The van der Waals surface area contributed by atoms with Gasteiger partial charge < -0.3 is 10.5 Å². The van der Waals surface area contributed by atoms with E-state index in [0.717, 1.165) is 17.9 Å². The van der Waals surface area contributed by atoms with Gasteiger partial charge in [0.05, 0.1) is 0 Å². The molecule has 0 aliphatic heterocycles. The van der Waals surface area contributed by atoms with Gasteiger partial charge in [-0.25, -0.2) is 0 Å². The van der Waals surface area contributed by atoms with Crippen molar-refractivity contribution in [2.75, 3.05) is 0 Å². The fraction of sp³-hybridized carbons (Fsp3) is 0.250. The molecule has 0 aromatic heterocycles. The highest BCUT2D eigenvalue weighted by atomic mass is 16.5. The summed E-state index contributed by atoms with van der Waals surface area (Å²) >= 11 is 0. The Hall–Kier alpha value is -1.80. The fourth-order valence-electron chi connectivity index (χ4n) is 1.83. The van der Waals surface area contributed by atoms with Crippen molar-refractivity contribution in [1.29, 1.82) is 0 Å². The van der Waals surface area contributed by atoms with Crippen LogP contribution in [0.25, 0.3) is 0 Å². The lowest BCUT2D eigenvalue weighted by Gasteiger charge is -2.18. The summed E-state index contributed by atoms with van der Waals surface area (Å²) in [5, 5.41) is 0. The summed E-state index contributed by atoms with van der Waals surface area (Å²) in [7, 11) is 0. The predicted octanol–water partition coefficient (Wildman–Crippen LogP) is 3.76. The Kier molecular flexibility index (Phi) is 3.68. The number of rotatable bonds is 4. The topological polar surface area (TPSA) is 35.2 Å². The van der Waals surface area contributed by atoms with E-state index in [-0.39, 0.29) is 5.54 Å². The number of benzene rings is 2. The van der Waals surface area contributed by atoms with Gasteiger partial charge in [0.2, 0.25) is 0 Å². The van der Waals surface area contributed by atoms with Crippen molar-refractivity contribution >= 4 is 0 Å². The summed E-state index contributed by atoms with van der Waals surface area (Å²) < 4.78 is 5.73. The van der Waals surface area contributed by atoms with Crippen molar-refractivity contribution in [2.24, 2.45) is 5.73 Å². The molecular weight excluding hydrogens is 222 g/mol. The Morgan fingerprint density at radius 3 is 2.00 bits per heavy atom. The molecule has 2 nitrogen and oxygen atoms in total. The third-order valence-electron chi connectivity index (χ3n) is 2.56. The maximum atomic E-state index is 6.00. The summed E-state index contributed by atoms with van der Waals surface area (Å²) in [6.45, 7) is 4.06. The number of para-hydroxylation sites is 1. The van der Waals surface area contributed by atoms with E-state index in [2.05, 4.69) is 12.1 Å². The highest BCUT2D eigenvalue weighted by Gasteiger charge is 2.11. The molecule has 0 radical (unpaired) electrons. The summed E-state index contributed by atoms with van der Waals surface area (Å²) in [5.41, 5.74) is 7.04. The molecule has 0 heterocycles. The molecule has 0 spiro atoms. The second-order valence-electron chi connectivity index (χ2n) is 5.22. The van der Waals surface area contributed by atoms with Crippen LogP contribution in [-0.4, -0.2) is 5.54 Å². The van der Waals surface area contributed by atoms with Gasteiger partial charge in [-0.3, -0.25) is 0 Å². The zero-order chi connectivity index (χ0) is 13.0. The Labute approximate surface area is 108 Å². The average Bonchev–Trinajstić information content (AvgIpc) is 2.31. The second-order valence-corrected chi connectivity index (χ2v) is 5.22. The minimum absolute atomic E-state index is 0.179. The predicted molar refractivity (Wildman–Crippen MR) is 74.9 cm³/mol. The molecule has 0 aliphatic rings. The van der Waals surface area contributed by atoms with Crippen LogP contribution in [0.15, 0.2) is 54.6 Å². The monoisotopic (exact) mass is 241 g/mol. The van der Waals surface area contributed by atoms with Crippen LogP contribution in [0.4, 0.5) is 0 Å². The zero-order valence-corrected chi connectivity index (χ0v) is 10.9. The van der Waals surface area contributed by atoms with Crippen LogP contribution in [0.2, 0.25) is 0 Å². The molecule has 0 amide bonds. The van der Waals surface area contributed by atoms with Gasteiger partial charge in [0, 0.05) is 5.54 Å². The van der Waals surface area contributed by atoms with Gasteiger partial charge in [0.25, 0.3) is 0 Å². The van der Waals surface area contributed by atoms with Crippen molar-refractivity contribution in [3.05, 3.63) is 60.2 Å². The van der Waals surface area contributed by atoms with Crippen molar-refractivity contribution in [3.63, 3.8) is 0 Å². The molecule has 2 rings (SSSR count). The van der Waals surface area contributed by atoms with Gasteiger partial charge in [-0.2, -0.15) is 0 Å². The lowest BCUT2D eigenvalue weighted by molar-refractivity contribution is 0.481. The smallest absolute Gasteiger partial charge is 0.127 e. The van der Waals surface area contributed by atoms with Crippen molar-refractivity contribution in [1.82, 2.24) is 0 Å². The molecule has 0 fully saturated rings. The summed E-state index contributed by atoms with van der Waals surface area (Å²) in [4.78, 5) is 0. The molecule has 0 unspecified atom stereocenters. The zero-order valence-electron chi connectivity index (χ0n) is 10.9. The molecule has 2 heteroatoms. The molecule has 2 aromatic rings. The van der Waals surface area contributed by atoms with Gasteiger partial charge in [-0.1, -0.05) is 30.3 Å². The molecular formula is C16H19NO. The number of hydrogen-bond donors (Lipinski definition) is 1. The maximum Gasteiger partial charge on any atom is 0.127 e. The first-order valence-corrected chi connectivity index (χ1v) is 6.14. The first-order valence-electron chi connectivity index (χ1n) is 6.14. The standard InChI is InChI=1S/C16H19NO/c1-16(2,17)12-13-8-10-15(11-9-13)18-14-6-4-3-5-7-14/h3-11H,12,17H2,1-2H3. The van der Waals surface area contributed by atoms with Crippen LogP contribution >= 0.6 is 0 Å². The summed E-state index contributed by atoms with van der Waals surface area (Å²) in [6.07, 6.45) is 0.860. The normalized spacial score (nSPS) is 11.3. The Morgan fingerprint density at radius 1 is 0.889 bits per heavy atom. The van der Waals surface area contributed by atoms with Crippen molar-refractivity contribution in [3.8, 4) is 11.5 Å². The molecule has 0 saturated heterocycles. The molecule has 0 saturated carbocycles. The Balaban J connectivity index is 2.04. The van der Waals surface area contributed by atoms with Crippen LogP contribution in [0, 0.1) is 0 Å². The first-order chi connectivity index (χ1) is 8.53. The van der Waals surface area contributed by atoms with Gasteiger partial charge in [0.1, 0.15) is 11.5 Å². The quantitative estimate of drug-likeness (QED) is 0.884. The highest BCUT2D eigenvalue weighted by molar-refractivity contribution is 5.33. The van der Waals surface area contributed by atoms with E-state index in [1.54, 1.807) is 0 Å².